The Bertz CT molecular complexity index is 409. The molecule has 0 amide bonds. The van der Waals surface area contributed by atoms with E-state index in [1.807, 2.05) is 51.1 Å². The highest BCUT2D eigenvalue weighted by Gasteiger charge is 2.51. The average Bonchev–Trinajstić information content (AvgIpc) is 2.27. The van der Waals surface area contributed by atoms with Gasteiger partial charge >= 0.3 is 0 Å². The maximum absolute atomic E-state index is 14.2. The van der Waals surface area contributed by atoms with E-state index in [-0.39, 0.29) is 12.3 Å². The van der Waals surface area contributed by atoms with Crippen LogP contribution in [0.4, 0.5) is 8.78 Å². The topological polar surface area (TPSA) is 9.23 Å². The second-order valence-corrected chi connectivity index (χ2v) is 6.60. The molecule has 0 bridgehead atoms. The SMILES string of the molecule is CC(C)(C)[C@H]1OC[C@H](Cc2ccccc2)CC1(F)F. The highest BCUT2D eigenvalue weighted by atomic mass is 19.3. The summed E-state index contributed by atoms with van der Waals surface area (Å²) >= 11 is 0. The van der Waals surface area contributed by atoms with Crippen LogP contribution < -0.4 is 0 Å². The Kier molecular flexibility index (Phi) is 3.95. The van der Waals surface area contributed by atoms with E-state index >= 15 is 0 Å². The summed E-state index contributed by atoms with van der Waals surface area (Å²) in [6.45, 7) is 5.85. The van der Waals surface area contributed by atoms with E-state index in [0.29, 0.717) is 13.0 Å². The van der Waals surface area contributed by atoms with Gasteiger partial charge in [0.1, 0.15) is 6.10 Å². The van der Waals surface area contributed by atoms with Gasteiger partial charge in [-0.2, -0.15) is 0 Å². The predicted octanol–water partition coefficient (Wildman–Crippen LogP) is 4.32. The van der Waals surface area contributed by atoms with Crippen molar-refractivity contribution in [3.8, 4) is 0 Å². The Labute approximate surface area is 114 Å². The monoisotopic (exact) mass is 268 g/mol. The zero-order valence-electron chi connectivity index (χ0n) is 11.8. The maximum Gasteiger partial charge on any atom is 0.274 e. The largest absolute Gasteiger partial charge is 0.371 e. The molecule has 0 unspecified atom stereocenters. The Morgan fingerprint density at radius 2 is 1.84 bits per heavy atom. The van der Waals surface area contributed by atoms with E-state index in [0.717, 1.165) is 5.56 Å². The fourth-order valence-corrected chi connectivity index (χ4v) is 2.87. The van der Waals surface area contributed by atoms with E-state index < -0.39 is 17.4 Å². The molecule has 0 aromatic heterocycles. The number of rotatable bonds is 2. The molecule has 0 saturated carbocycles. The lowest BCUT2D eigenvalue weighted by Crippen LogP contribution is -2.51. The van der Waals surface area contributed by atoms with Crippen LogP contribution in [0.25, 0.3) is 0 Å². The standard InChI is InChI=1S/C16H22F2O/c1-15(2,3)14-16(17,18)10-13(11-19-14)9-12-7-5-4-6-8-12/h4-8,13-14H,9-11H2,1-3H3/t13-,14-/m1/s1. The fraction of sp³-hybridized carbons (Fsp3) is 0.625. The van der Waals surface area contributed by atoms with Gasteiger partial charge in [-0.05, 0) is 23.3 Å². The highest BCUT2D eigenvalue weighted by molar-refractivity contribution is 5.15. The van der Waals surface area contributed by atoms with E-state index in [1.165, 1.54) is 0 Å². The normalized spacial score (nSPS) is 27.2. The van der Waals surface area contributed by atoms with Gasteiger partial charge in [-0.1, -0.05) is 51.1 Å². The van der Waals surface area contributed by atoms with Gasteiger partial charge in [-0.3, -0.25) is 0 Å². The van der Waals surface area contributed by atoms with Crippen molar-refractivity contribution in [2.75, 3.05) is 6.61 Å². The van der Waals surface area contributed by atoms with E-state index in [4.69, 9.17) is 4.74 Å². The molecular weight excluding hydrogens is 246 g/mol. The summed E-state index contributed by atoms with van der Waals surface area (Å²) in [5, 5.41) is 0. The minimum Gasteiger partial charge on any atom is -0.371 e. The first kappa shape index (κ1) is 14.4. The van der Waals surface area contributed by atoms with Gasteiger partial charge in [0.2, 0.25) is 0 Å². The molecule has 0 N–H and O–H groups in total. The summed E-state index contributed by atoms with van der Waals surface area (Å²) in [6, 6.07) is 9.78. The van der Waals surface area contributed by atoms with Crippen LogP contribution in [0.3, 0.4) is 0 Å². The number of benzene rings is 1. The Morgan fingerprint density at radius 1 is 1.21 bits per heavy atom. The third-order valence-corrected chi connectivity index (χ3v) is 3.60. The molecule has 106 valence electrons. The number of alkyl halides is 2. The molecule has 2 atom stereocenters. The van der Waals surface area contributed by atoms with Crippen LogP contribution in [0.1, 0.15) is 32.8 Å². The Hall–Kier alpha value is -0.960. The molecule has 1 nitrogen and oxygen atoms in total. The van der Waals surface area contributed by atoms with Gasteiger partial charge in [-0.25, -0.2) is 8.78 Å². The zero-order chi connectivity index (χ0) is 14.1. The highest BCUT2D eigenvalue weighted by Crippen LogP contribution is 2.42. The molecule has 0 radical (unpaired) electrons. The molecule has 0 spiro atoms. The molecule has 1 aromatic carbocycles. The molecular formula is C16H22F2O. The van der Waals surface area contributed by atoms with Crippen molar-refractivity contribution in [1.82, 2.24) is 0 Å². The Morgan fingerprint density at radius 3 is 2.37 bits per heavy atom. The minimum atomic E-state index is -2.74. The first-order chi connectivity index (χ1) is 8.79. The summed E-state index contributed by atoms with van der Waals surface area (Å²) in [5.41, 5.74) is 0.572. The number of halogens is 2. The number of ether oxygens (including phenoxy) is 1. The van der Waals surface area contributed by atoms with Gasteiger partial charge in [0.05, 0.1) is 6.61 Å². The minimum absolute atomic E-state index is 0.0795. The van der Waals surface area contributed by atoms with Crippen molar-refractivity contribution in [3.05, 3.63) is 35.9 Å². The third kappa shape index (κ3) is 3.53. The molecule has 19 heavy (non-hydrogen) atoms. The third-order valence-electron chi connectivity index (χ3n) is 3.60. The molecule has 2 rings (SSSR count). The van der Waals surface area contributed by atoms with Crippen molar-refractivity contribution in [3.63, 3.8) is 0 Å². The van der Waals surface area contributed by atoms with Crippen molar-refractivity contribution in [2.24, 2.45) is 11.3 Å². The summed E-state index contributed by atoms with van der Waals surface area (Å²) in [7, 11) is 0. The van der Waals surface area contributed by atoms with Gasteiger partial charge in [0.15, 0.2) is 0 Å². The molecule has 3 heteroatoms. The summed E-state index contributed by atoms with van der Waals surface area (Å²) in [6.07, 6.45) is -0.399. The van der Waals surface area contributed by atoms with Crippen molar-refractivity contribution >= 4 is 0 Å². The molecule has 1 saturated heterocycles. The smallest absolute Gasteiger partial charge is 0.274 e. The van der Waals surface area contributed by atoms with Crippen LogP contribution in [0.5, 0.6) is 0 Å². The van der Waals surface area contributed by atoms with Crippen molar-refractivity contribution < 1.29 is 13.5 Å². The predicted molar refractivity (Wildman–Crippen MR) is 72.4 cm³/mol. The van der Waals surface area contributed by atoms with Crippen LogP contribution in [-0.2, 0) is 11.2 Å². The Balaban J connectivity index is 2.02. The van der Waals surface area contributed by atoms with Crippen molar-refractivity contribution in [2.45, 2.75) is 45.6 Å². The summed E-state index contributed by atoms with van der Waals surface area (Å²) < 4.78 is 33.9. The number of hydrogen-bond acceptors (Lipinski definition) is 1. The molecule has 0 aliphatic carbocycles. The number of hydrogen-bond donors (Lipinski definition) is 0. The van der Waals surface area contributed by atoms with Crippen molar-refractivity contribution in [1.29, 1.82) is 0 Å². The second kappa shape index (κ2) is 5.20. The lowest BCUT2D eigenvalue weighted by atomic mass is 9.79. The summed E-state index contributed by atoms with van der Waals surface area (Å²) in [5.74, 6) is -2.84. The van der Waals surface area contributed by atoms with E-state index in [9.17, 15) is 8.78 Å². The maximum atomic E-state index is 14.2. The van der Waals surface area contributed by atoms with Gasteiger partial charge < -0.3 is 4.74 Å². The van der Waals surface area contributed by atoms with Gasteiger partial charge in [0, 0.05) is 6.42 Å². The zero-order valence-corrected chi connectivity index (χ0v) is 11.8. The fourth-order valence-electron chi connectivity index (χ4n) is 2.87. The molecule has 1 fully saturated rings. The molecule has 1 aromatic rings. The lowest BCUT2D eigenvalue weighted by Gasteiger charge is -2.42. The van der Waals surface area contributed by atoms with E-state index in [1.54, 1.807) is 0 Å². The summed E-state index contributed by atoms with van der Waals surface area (Å²) in [4.78, 5) is 0. The second-order valence-electron chi connectivity index (χ2n) is 6.60. The first-order valence-electron chi connectivity index (χ1n) is 6.82. The molecule has 1 aliphatic heterocycles. The molecule has 1 aliphatic rings. The van der Waals surface area contributed by atoms with E-state index in [2.05, 4.69) is 0 Å². The quantitative estimate of drug-likeness (QED) is 0.776. The van der Waals surface area contributed by atoms with Crippen LogP contribution in [-0.4, -0.2) is 18.6 Å². The molecule has 1 heterocycles. The lowest BCUT2D eigenvalue weighted by molar-refractivity contribution is -0.222. The van der Waals surface area contributed by atoms with Crippen LogP contribution in [0.15, 0.2) is 30.3 Å². The van der Waals surface area contributed by atoms with Crippen LogP contribution >= 0.6 is 0 Å². The first-order valence-corrected chi connectivity index (χ1v) is 6.82. The van der Waals surface area contributed by atoms with Crippen LogP contribution in [0, 0.1) is 11.3 Å². The average molecular weight is 268 g/mol. The van der Waals surface area contributed by atoms with Gasteiger partial charge in [-0.15, -0.1) is 0 Å². The van der Waals surface area contributed by atoms with Crippen LogP contribution in [0.2, 0.25) is 0 Å². The van der Waals surface area contributed by atoms with Gasteiger partial charge in [0.25, 0.3) is 5.92 Å².